The van der Waals surface area contributed by atoms with E-state index >= 15 is 0 Å². The van der Waals surface area contributed by atoms with E-state index in [9.17, 15) is 4.79 Å². The third kappa shape index (κ3) is 2.74. The molecule has 4 bridgehead atoms. The van der Waals surface area contributed by atoms with Gasteiger partial charge in [-0.05, 0) is 68.1 Å². The first-order valence-electron chi connectivity index (χ1n) is 8.92. The minimum absolute atomic E-state index is 0.243. The van der Waals surface area contributed by atoms with Crippen LogP contribution in [0.3, 0.4) is 0 Å². The minimum Gasteiger partial charge on any atom is -0.353 e. The van der Waals surface area contributed by atoms with Gasteiger partial charge in [-0.15, -0.1) is 0 Å². The highest BCUT2D eigenvalue weighted by Crippen LogP contribution is 2.66. The standard InChI is InChI=1S/C18H30N2O/c1-16-7-13-8-17(2,10-16)12-18(9-13,11-16)19-6-5-15(21)20-14-3-4-14/h13-14,19H,3-12H2,1-2H3,(H,20,21). The molecule has 118 valence electrons. The highest BCUT2D eigenvalue weighted by molar-refractivity contribution is 5.76. The monoisotopic (exact) mass is 290 g/mol. The van der Waals surface area contributed by atoms with E-state index in [0.29, 0.717) is 28.8 Å². The number of hydrogen-bond donors (Lipinski definition) is 2. The van der Waals surface area contributed by atoms with Crippen LogP contribution in [0.5, 0.6) is 0 Å². The highest BCUT2D eigenvalue weighted by Gasteiger charge is 2.59. The molecule has 0 aliphatic heterocycles. The molecule has 2 atom stereocenters. The Morgan fingerprint density at radius 1 is 1.05 bits per heavy atom. The van der Waals surface area contributed by atoms with Crippen molar-refractivity contribution in [1.82, 2.24) is 10.6 Å². The Balaban J connectivity index is 1.36. The van der Waals surface area contributed by atoms with Gasteiger partial charge in [-0.2, -0.15) is 0 Å². The zero-order valence-corrected chi connectivity index (χ0v) is 13.6. The van der Waals surface area contributed by atoms with Gasteiger partial charge in [0.1, 0.15) is 0 Å². The molecule has 0 heterocycles. The number of rotatable bonds is 5. The summed E-state index contributed by atoms with van der Waals surface area (Å²) >= 11 is 0. The summed E-state index contributed by atoms with van der Waals surface area (Å²) in [4.78, 5) is 11.9. The van der Waals surface area contributed by atoms with E-state index in [0.717, 1.165) is 12.5 Å². The zero-order valence-electron chi connectivity index (χ0n) is 13.6. The average Bonchev–Trinajstić information content (AvgIpc) is 3.07. The number of amides is 1. The summed E-state index contributed by atoms with van der Waals surface area (Å²) in [6.45, 7) is 5.87. The van der Waals surface area contributed by atoms with Crippen molar-refractivity contribution in [3.63, 3.8) is 0 Å². The van der Waals surface area contributed by atoms with Crippen LogP contribution in [0, 0.1) is 16.7 Å². The van der Waals surface area contributed by atoms with E-state index in [1.165, 1.54) is 51.4 Å². The molecule has 0 aromatic rings. The number of carbonyl (C=O) groups excluding carboxylic acids is 1. The Morgan fingerprint density at radius 2 is 1.71 bits per heavy atom. The summed E-state index contributed by atoms with van der Waals surface area (Å²) in [7, 11) is 0. The average molecular weight is 290 g/mol. The van der Waals surface area contributed by atoms with E-state index in [1.807, 2.05) is 0 Å². The van der Waals surface area contributed by atoms with Gasteiger partial charge in [0.15, 0.2) is 0 Å². The van der Waals surface area contributed by atoms with Gasteiger partial charge in [-0.3, -0.25) is 4.79 Å². The molecule has 5 fully saturated rings. The summed E-state index contributed by atoms with van der Waals surface area (Å²) in [6.07, 6.45) is 11.3. The van der Waals surface area contributed by atoms with Crippen LogP contribution in [0.25, 0.3) is 0 Å². The summed E-state index contributed by atoms with van der Waals surface area (Å²) in [5.41, 5.74) is 1.44. The lowest BCUT2D eigenvalue weighted by atomic mass is 9.43. The molecule has 0 aromatic carbocycles. The maximum atomic E-state index is 11.9. The van der Waals surface area contributed by atoms with E-state index in [4.69, 9.17) is 0 Å². The van der Waals surface area contributed by atoms with Crippen LogP contribution in [0.1, 0.15) is 71.6 Å². The molecule has 2 N–H and O–H groups in total. The normalized spacial score (nSPS) is 47.6. The van der Waals surface area contributed by atoms with E-state index in [-0.39, 0.29) is 5.91 Å². The molecule has 0 spiro atoms. The topological polar surface area (TPSA) is 41.1 Å². The van der Waals surface area contributed by atoms with Crippen LogP contribution < -0.4 is 10.6 Å². The second-order valence-electron chi connectivity index (χ2n) is 9.43. The highest BCUT2D eigenvalue weighted by atomic mass is 16.1. The smallest absolute Gasteiger partial charge is 0.221 e. The van der Waals surface area contributed by atoms with Crippen molar-refractivity contribution >= 4 is 5.91 Å². The Kier molecular flexibility index (Phi) is 2.99. The maximum absolute atomic E-state index is 11.9. The fraction of sp³-hybridized carbons (Fsp3) is 0.944. The summed E-state index contributed by atoms with van der Waals surface area (Å²) in [5.74, 6) is 1.16. The van der Waals surface area contributed by atoms with Crippen molar-refractivity contribution in [2.45, 2.75) is 83.2 Å². The van der Waals surface area contributed by atoms with Crippen LogP contribution in [0.15, 0.2) is 0 Å². The van der Waals surface area contributed by atoms with E-state index < -0.39 is 0 Å². The molecule has 0 radical (unpaired) electrons. The Hall–Kier alpha value is -0.570. The lowest BCUT2D eigenvalue weighted by Crippen LogP contribution is -2.64. The van der Waals surface area contributed by atoms with Crippen LogP contribution >= 0.6 is 0 Å². The molecular weight excluding hydrogens is 260 g/mol. The molecule has 0 aromatic heterocycles. The molecule has 0 saturated heterocycles. The largest absolute Gasteiger partial charge is 0.353 e. The Bertz CT molecular complexity index is 438. The molecule has 2 unspecified atom stereocenters. The predicted molar refractivity (Wildman–Crippen MR) is 83.9 cm³/mol. The van der Waals surface area contributed by atoms with Gasteiger partial charge in [0.05, 0.1) is 0 Å². The summed E-state index contributed by atoms with van der Waals surface area (Å²) in [5, 5.41) is 6.94. The van der Waals surface area contributed by atoms with Crippen LogP contribution in [0.4, 0.5) is 0 Å². The zero-order chi connectivity index (χ0) is 14.7. The van der Waals surface area contributed by atoms with E-state index in [1.54, 1.807) is 0 Å². The van der Waals surface area contributed by atoms with Gasteiger partial charge in [-0.1, -0.05) is 13.8 Å². The van der Waals surface area contributed by atoms with Crippen molar-refractivity contribution in [2.75, 3.05) is 6.54 Å². The van der Waals surface area contributed by atoms with Crippen molar-refractivity contribution in [2.24, 2.45) is 16.7 Å². The second-order valence-corrected chi connectivity index (χ2v) is 9.43. The molecular formula is C18H30N2O. The summed E-state index contributed by atoms with van der Waals surface area (Å²) in [6, 6.07) is 0.495. The van der Waals surface area contributed by atoms with Gasteiger partial charge in [-0.25, -0.2) is 0 Å². The van der Waals surface area contributed by atoms with Gasteiger partial charge < -0.3 is 10.6 Å². The van der Waals surface area contributed by atoms with Crippen molar-refractivity contribution in [3.05, 3.63) is 0 Å². The molecule has 5 aliphatic rings. The minimum atomic E-state index is 0.243. The molecule has 3 heteroatoms. The van der Waals surface area contributed by atoms with Gasteiger partial charge in [0, 0.05) is 24.5 Å². The fourth-order valence-corrected chi connectivity index (χ4v) is 6.61. The summed E-state index contributed by atoms with van der Waals surface area (Å²) < 4.78 is 0. The number of hydrogen-bond acceptors (Lipinski definition) is 2. The Labute approximate surface area is 128 Å². The lowest BCUT2D eigenvalue weighted by molar-refractivity contribution is -0.123. The van der Waals surface area contributed by atoms with Crippen molar-refractivity contribution < 1.29 is 4.79 Å². The van der Waals surface area contributed by atoms with Gasteiger partial charge in [0.2, 0.25) is 5.91 Å². The quantitative estimate of drug-likeness (QED) is 0.817. The van der Waals surface area contributed by atoms with Crippen LogP contribution in [0.2, 0.25) is 0 Å². The molecule has 5 aliphatic carbocycles. The SMILES string of the molecule is CC12CC3CC(C)(C1)CC(NCCC(=O)NC1CC1)(C3)C2. The predicted octanol–water partition coefficient (Wildman–Crippen LogP) is 2.99. The van der Waals surface area contributed by atoms with E-state index in [2.05, 4.69) is 24.5 Å². The second kappa shape index (κ2) is 4.47. The van der Waals surface area contributed by atoms with Gasteiger partial charge >= 0.3 is 0 Å². The fourth-order valence-electron chi connectivity index (χ4n) is 6.61. The van der Waals surface area contributed by atoms with Gasteiger partial charge in [0.25, 0.3) is 0 Å². The van der Waals surface area contributed by atoms with Crippen molar-refractivity contribution in [1.29, 1.82) is 0 Å². The number of nitrogens with one attached hydrogen (secondary N) is 2. The molecule has 1 amide bonds. The van der Waals surface area contributed by atoms with Crippen LogP contribution in [-0.4, -0.2) is 24.0 Å². The number of carbonyl (C=O) groups is 1. The Morgan fingerprint density at radius 3 is 2.29 bits per heavy atom. The molecule has 3 nitrogen and oxygen atoms in total. The molecule has 21 heavy (non-hydrogen) atoms. The third-order valence-corrected chi connectivity index (χ3v) is 6.42. The van der Waals surface area contributed by atoms with Crippen molar-refractivity contribution in [3.8, 4) is 0 Å². The first kappa shape index (κ1) is 14.0. The first-order chi connectivity index (χ1) is 9.88. The molecule has 5 rings (SSSR count). The third-order valence-electron chi connectivity index (χ3n) is 6.42. The molecule has 5 saturated carbocycles. The lowest BCUT2D eigenvalue weighted by Gasteiger charge is -2.65. The van der Waals surface area contributed by atoms with Crippen LogP contribution in [-0.2, 0) is 4.79 Å². The first-order valence-corrected chi connectivity index (χ1v) is 8.92. The maximum Gasteiger partial charge on any atom is 0.221 e.